The fourth-order valence-electron chi connectivity index (χ4n) is 1.56. The normalized spacial score (nSPS) is 11.9. The van der Waals surface area contributed by atoms with Gasteiger partial charge in [-0.1, -0.05) is 69.2 Å². The third kappa shape index (κ3) is 6.47. The fraction of sp³-hybridized carbons (Fsp3) is 0.412. The molecule has 0 nitrogen and oxygen atoms in total. The molecule has 18 heavy (non-hydrogen) atoms. The van der Waals surface area contributed by atoms with Crippen LogP contribution in [0.5, 0.6) is 0 Å². The zero-order valence-corrected chi connectivity index (χ0v) is 13.1. The molecule has 0 spiro atoms. The smallest absolute Gasteiger partial charge is 0.127 e. The lowest BCUT2D eigenvalue weighted by Gasteiger charge is -2.05. The third-order valence-corrected chi connectivity index (χ3v) is 3.41. The van der Waals surface area contributed by atoms with E-state index in [0.29, 0.717) is 0 Å². The number of hydrogen-bond donors (Lipinski definition) is 0. The molecule has 0 N–H and O–H groups in total. The summed E-state index contributed by atoms with van der Waals surface area (Å²) in [6.07, 6.45) is 5.78. The van der Waals surface area contributed by atoms with Crippen LogP contribution in [0.4, 0.5) is 0 Å². The van der Waals surface area contributed by atoms with Gasteiger partial charge in [-0.3, -0.25) is 0 Å². The highest BCUT2D eigenvalue weighted by atomic mass is 28.3. The van der Waals surface area contributed by atoms with Gasteiger partial charge in [0.15, 0.2) is 0 Å². The molecule has 0 aliphatic heterocycles. The monoisotopic (exact) mass is 256 g/mol. The summed E-state index contributed by atoms with van der Waals surface area (Å²) in [5, 5.41) is 0. The number of unbranched alkanes of at least 4 members (excludes halogenated alkanes) is 1. The number of benzene rings is 1. The standard InChI is InChI=1S/C17H24Si/c1-5-6-10-17(13-14-18(2,3)4)15-16-11-8-7-9-12-16/h7-9,11-12,15H,5-6,10H2,1-4H3/b17-15+. The van der Waals surface area contributed by atoms with Gasteiger partial charge >= 0.3 is 0 Å². The molecule has 0 amide bonds. The van der Waals surface area contributed by atoms with Crippen LogP contribution in [-0.4, -0.2) is 8.07 Å². The number of hydrogen-bond acceptors (Lipinski definition) is 0. The average molecular weight is 256 g/mol. The fourth-order valence-corrected chi connectivity index (χ4v) is 2.09. The van der Waals surface area contributed by atoms with Crippen LogP contribution in [0.25, 0.3) is 6.08 Å². The van der Waals surface area contributed by atoms with Crippen LogP contribution >= 0.6 is 0 Å². The molecule has 0 saturated carbocycles. The summed E-state index contributed by atoms with van der Waals surface area (Å²) >= 11 is 0. The summed E-state index contributed by atoms with van der Waals surface area (Å²) in [7, 11) is -1.28. The van der Waals surface area contributed by atoms with Crippen molar-refractivity contribution in [3.05, 3.63) is 41.5 Å². The summed E-state index contributed by atoms with van der Waals surface area (Å²) in [5.41, 5.74) is 6.01. The van der Waals surface area contributed by atoms with Crippen LogP contribution in [0.15, 0.2) is 35.9 Å². The minimum Gasteiger partial charge on any atom is -0.127 e. The van der Waals surface area contributed by atoms with Gasteiger partial charge in [-0.15, -0.1) is 5.54 Å². The van der Waals surface area contributed by atoms with E-state index in [4.69, 9.17) is 0 Å². The van der Waals surface area contributed by atoms with E-state index >= 15 is 0 Å². The molecule has 0 unspecified atom stereocenters. The lowest BCUT2D eigenvalue weighted by molar-refractivity contribution is 0.803. The van der Waals surface area contributed by atoms with Crippen molar-refractivity contribution in [2.75, 3.05) is 0 Å². The second kappa shape index (κ2) is 7.23. The van der Waals surface area contributed by atoms with Crippen molar-refractivity contribution in [1.82, 2.24) is 0 Å². The summed E-state index contributed by atoms with van der Waals surface area (Å²) in [5.74, 6) is 3.42. The van der Waals surface area contributed by atoms with Crippen molar-refractivity contribution in [3.63, 3.8) is 0 Å². The SMILES string of the molecule is CCCC/C(C#C[Si](C)(C)C)=C\c1ccccc1. The Morgan fingerprint density at radius 3 is 2.39 bits per heavy atom. The van der Waals surface area contributed by atoms with E-state index in [0.717, 1.165) is 6.42 Å². The predicted molar refractivity (Wildman–Crippen MR) is 85.1 cm³/mol. The molecular weight excluding hydrogens is 232 g/mol. The van der Waals surface area contributed by atoms with E-state index in [1.165, 1.54) is 24.0 Å². The van der Waals surface area contributed by atoms with Crippen LogP contribution in [0.2, 0.25) is 19.6 Å². The Morgan fingerprint density at radius 2 is 1.83 bits per heavy atom. The molecule has 0 fully saturated rings. The van der Waals surface area contributed by atoms with Crippen molar-refractivity contribution >= 4 is 14.1 Å². The quantitative estimate of drug-likeness (QED) is 0.517. The van der Waals surface area contributed by atoms with Gasteiger partial charge in [0.1, 0.15) is 8.07 Å². The third-order valence-electron chi connectivity index (χ3n) is 2.54. The zero-order valence-electron chi connectivity index (χ0n) is 12.1. The molecule has 1 rings (SSSR count). The Morgan fingerprint density at radius 1 is 1.17 bits per heavy atom. The topological polar surface area (TPSA) is 0 Å². The summed E-state index contributed by atoms with van der Waals surface area (Å²) in [6.45, 7) is 9.10. The van der Waals surface area contributed by atoms with E-state index in [-0.39, 0.29) is 0 Å². The van der Waals surface area contributed by atoms with Crippen molar-refractivity contribution in [1.29, 1.82) is 0 Å². The van der Waals surface area contributed by atoms with Crippen LogP contribution in [0.3, 0.4) is 0 Å². The number of rotatable bonds is 4. The van der Waals surface area contributed by atoms with Gasteiger partial charge in [0.2, 0.25) is 0 Å². The summed E-state index contributed by atoms with van der Waals surface area (Å²) < 4.78 is 0. The molecule has 0 heterocycles. The molecule has 1 aromatic rings. The average Bonchev–Trinajstić information content (AvgIpc) is 2.33. The van der Waals surface area contributed by atoms with E-state index in [2.05, 4.69) is 74.4 Å². The molecule has 1 aromatic carbocycles. The first-order valence-corrected chi connectivity index (χ1v) is 10.3. The highest BCUT2D eigenvalue weighted by Crippen LogP contribution is 2.12. The van der Waals surface area contributed by atoms with Gasteiger partial charge < -0.3 is 0 Å². The van der Waals surface area contributed by atoms with Crippen molar-refractivity contribution in [2.45, 2.75) is 45.8 Å². The molecule has 0 bridgehead atoms. The lowest BCUT2D eigenvalue weighted by Crippen LogP contribution is -2.16. The van der Waals surface area contributed by atoms with Gasteiger partial charge in [0.25, 0.3) is 0 Å². The predicted octanol–water partition coefficient (Wildman–Crippen LogP) is 5.14. The van der Waals surface area contributed by atoms with E-state index in [9.17, 15) is 0 Å². The summed E-state index contributed by atoms with van der Waals surface area (Å²) in [6, 6.07) is 10.5. The van der Waals surface area contributed by atoms with Gasteiger partial charge in [-0.25, -0.2) is 0 Å². The highest BCUT2D eigenvalue weighted by Gasteiger charge is 2.07. The van der Waals surface area contributed by atoms with E-state index < -0.39 is 8.07 Å². The Bertz CT molecular complexity index is 438. The van der Waals surface area contributed by atoms with Crippen molar-refractivity contribution < 1.29 is 0 Å². The van der Waals surface area contributed by atoms with Crippen molar-refractivity contribution in [3.8, 4) is 11.5 Å². The maximum absolute atomic E-state index is 3.47. The molecule has 0 aromatic heterocycles. The summed E-state index contributed by atoms with van der Waals surface area (Å²) in [4.78, 5) is 0. The van der Waals surface area contributed by atoms with Crippen molar-refractivity contribution in [2.24, 2.45) is 0 Å². The Kier molecular flexibility index (Phi) is 5.95. The molecule has 1 heteroatoms. The molecule has 0 aliphatic carbocycles. The van der Waals surface area contributed by atoms with Crippen LogP contribution in [0, 0.1) is 11.5 Å². The molecule has 0 radical (unpaired) electrons. The molecule has 96 valence electrons. The first-order valence-electron chi connectivity index (χ1n) is 6.80. The largest absolute Gasteiger partial charge is 0.129 e. The zero-order chi connectivity index (χ0) is 13.4. The maximum Gasteiger partial charge on any atom is 0.129 e. The highest BCUT2D eigenvalue weighted by molar-refractivity contribution is 6.83. The molecule has 0 atom stereocenters. The van der Waals surface area contributed by atoms with E-state index in [1.807, 2.05) is 0 Å². The minimum absolute atomic E-state index is 1.10. The Hall–Kier alpha value is -1.26. The second-order valence-electron chi connectivity index (χ2n) is 5.68. The first-order chi connectivity index (χ1) is 8.51. The van der Waals surface area contributed by atoms with Crippen LogP contribution in [-0.2, 0) is 0 Å². The first kappa shape index (κ1) is 14.8. The van der Waals surface area contributed by atoms with Gasteiger partial charge in [-0.2, -0.15) is 0 Å². The van der Waals surface area contributed by atoms with E-state index in [1.54, 1.807) is 0 Å². The molecule has 0 aliphatic rings. The maximum atomic E-state index is 3.47. The lowest BCUT2D eigenvalue weighted by atomic mass is 10.1. The van der Waals surface area contributed by atoms with Gasteiger partial charge in [-0.05, 0) is 24.5 Å². The van der Waals surface area contributed by atoms with Crippen LogP contribution < -0.4 is 0 Å². The minimum atomic E-state index is -1.28. The second-order valence-corrected chi connectivity index (χ2v) is 10.4. The Balaban J connectivity index is 2.90. The Labute approximate surface area is 113 Å². The van der Waals surface area contributed by atoms with Gasteiger partial charge in [0, 0.05) is 5.57 Å². The van der Waals surface area contributed by atoms with Gasteiger partial charge in [0.05, 0.1) is 0 Å². The molecular formula is C17H24Si. The molecule has 0 saturated heterocycles. The van der Waals surface area contributed by atoms with Crippen LogP contribution in [0.1, 0.15) is 31.7 Å². The number of allylic oxidation sites excluding steroid dienone is 1.